The Hall–Kier alpha value is -2.43. The van der Waals surface area contributed by atoms with Crippen LogP contribution in [0.2, 0.25) is 0 Å². The highest BCUT2D eigenvalue weighted by atomic mass is 19.1. The van der Waals surface area contributed by atoms with Gasteiger partial charge in [-0.2, -0.15) is 0 Å². The predicted molar refractivity (Wildman–Crippen MR) is 88.2 cm³/mol. The van der Waals surface area contributed by atoms with Crippen LogP contribution in [0.5, 0.6) is 5.75 Å². The van der Waals surface area contributed by atoms with E-state index >= 15 is 0 Å². The lowest BCUT2D eigenvalue weighted by molar-refractivity contribution is 0.413. The summed E-state index contributed by atoms with van der Waals surface area (Å²) in [6, 6.07) is 12.6. The second kappa shape index (κ2) is 6.13. The van der Waals surface area contributed by atoms with Crippen LogP contribution in [0.4, 0.5) is 21.5 Å². The van der Waals surface area contributed by atoms with Crippen molar-refractivity contribution in [3.8, 4) is 5.75 Å². The second-order valence-corrected chi connectivity index (χ2v) is 5.35. The molecule has 0 aliphatic carbocycles. The molecule has 3 rings (SSSR count). The zero-order chi connectivity index (χ0) is 15.5. The van der Waals surface area contributed by atoms with Gasteiger partial charge in [-0.05, 0) is 30.3 Å². The fourth-order valence-corrected chi connectivity index (χ4v) is 2.89. The van der Waals surface area contributed by atoms with Gasteiger partial charge in [-0.1, -0.05) is 12.1 Å². The number of rotatable bonds is 3. The molecule has 0 amide bonds. The molecule has 1 fully saturated rings. The molecule has 0 bridgehead atoms. The number of anilines is 3. The molecule has 22 heavy (non-hydrogen) atoms. The molecule has 2 aromatic rings. The van der Waals surface area contributed by atoms with Gasteiger partial charge in [-0.3, -0.25) is 0 Å². The van der Waals surface area contributed by atoms with Gasteiger partial charge in [0.25, 0.3) is 0 Å². The summed E-state index contributed by atoms with van der Waals surface area (Å²) >= 11 is 0. The van der Waals surface area contributed by atoms with Crippen molar-refractivity contribution in [1.29, 1.82) is 0 Å². The van der Waals surface area contributed by atoms with Crippen LogP contribution in [-0.4, -0.2) is 33.3 Å². The third-order valence-electron chi connectivity index (χ3n) is 4.04. The average Bonchev–Trinajstić information content (AvgIpc) is 2.55. The highest BCUT2D eigenvalue weighted by molar-refractivity contribution is 5.68. The molecular weight excluding hydrogens is 281 g/mol. The lowest BCUT2D eigenvalue weighted by atomic mass is 10.2. The van der Waals surface area contributed by atoms with Gasteiger partial charge >= 0.3 is 0 Å². The number of benzene rings is 2. The maximum atomic E-state index is 13.2. The number of halogens is 1. The molecule has 0 spiro atoms. The van der Waals surface area contributed by atoms with Gasteiger partial charge in [0, 0.05) is 26.2 Å². The molecule has 2 N–H and O–H groups in total. The summed E-state index contributed by atoms with van der Waals surface area (Å²) in [6.07, 6.45) is 0. The van der Waals surface area contributed by atoms with Crippen LogP contribution in [0.1, 0.15) is 0 Å². The third-order valence-corrected chi connectivity index (χ3v) is 4.04. The first kappa shape index (κ1) is 14.5. The number of piperazine rings is 1. The number of hydrogen-bond acceptors (Lipinski definition) is 4. The van der Waals surface area contributed by atoms with Crippen molar-refractivity contribution in [1.82, 2.24) is 0 Å². The van der Waals surface area contributed by atoms with E-state index in [-0.39, 0.29) is 5.82 Å². The van der Waals surface area contributed by atoms with Crippen LogP contribution in [0.15, 0.2) is 42.5 Å². The Morgan fingerprint density at radius 2 is 1.59 bits per heavy atom. The van der Waals surface area contributed by atoms with Crippen LogP contribution < -0.4 is 20.3 Å². The van der Waals surface area contributed by atoms with E-state index in [4.69, 9.17) is 10.5 Å². The minimum Gasteiger partial charge on any atom is -0.495 e. The summed E-state index contributed by atoms with van der Waals surface area (Å²) in [5.74, 6) is 0.589. The van der Waals surface area contributed by atoms with Gasteiger partial charge in [0.15, 0.2) is 0 Å². The monoisotopic (exact) mass is 301 g/mol. The van der Waals surface area contributed by atoms with Gasteiger partial charge < -0.3 is 20.3 Å². The van der Waals surface area contributed by atoms with Crippen molar-refractivity contribution >= 4 is 17.1 Å². The minimum atomic E-state index is -0.297. The Bertz CT molecular complexity index is 654. The molecular formula is C17H20FN3O. The van der Waals surface area contributed by atoms with E-state index in [2.05, 4.69) is 15.9 Å². The molecule has 1 aliphatic heterocycles. The predicted octanol–water partition coefficient (Wildman–Crippen LogP) is 2.74. The van der Waals surface area contributed by atoms with Gasteiger partial charge in [0.05, 0.1) is 24.2 Å². The highest BCUT2D eigenvalue weighted by Gasteiger charge is 2.20. The van der Waals surface area contributed by atoms with Gasteiger partial charge in [-0.15, -0.1) is 0 Å². The number of nitrogen functional groups attached to an aromatic ring is 1. The van der Waals surface area contributed by atoms with E-state index < -0.39 is 0 Å². The number of ether oxygens (including phenoxy) is 1. The zero-order valence-electron chi connectivity index (χ0n) is 12.6. The number of hydrogen-bond donors (Lipinski definition) is 1. The average molecular weight is 301 g/mol. The Balaban J connectivity index is 1.72. The fraction of sp³-hybridized carbons (Fsp3) is 0.294. The van der Waals surface area contributed by atoms with Gasteiger partial charge in [0.1, 0.15) is 11.6 Å². The summed E-state index contributed by atoms with van der Waals surface area (Å²) in [5, 5.41) is 0. The van der Waals surface area contributed by atoms with E-state index in [0.29, 0.717) is 5.69 Å². The molecule has 1 aliphatic rings. The smallest absolute Gasteiger partial charge is 0.142 e. The second-order valence-electron chi connectivity index (χ2n) is 5.35. The largest absolute Gasteiger partial charge is 0.495 e. The maximum Gasteiger partial charge on any atom is 0.142 e. The van der Waals surface area contributed by atoms with Crippen LogP contribution in [0.25, 0.3) is 0 Å². The van der Waals surface area contributed by atoms with Gasteiger partial charge in [-0.25, -0.2) is 4.39 Å². The number of methoxy groups -OCH3 is 1. The molecule has 0 aromatic heterocycles. The number of nitrogens with zero attached hydrogens (tertiary/aromatic N) is 2. The lowest BCUT2D eigenvalue weighted by Crippen LogP contribution is -2.46. The van der Waals surface area contributed by atoms with Crippen LogP contribution in [0, 0.1) is 5.82 Å². The van der Waals surface area contributed by atoms with Crippen LogP contribution in [0.3, 0.4) is 0 Å². The summed E-state index contributed by atoms with van der Waals surface area (Å²) in [7, 11) is 1.69. The topological polar surface area (TPSA) is 41.7 Å². The molecule has 116 valence electrons. The Morgan fingerprint density at radius 1 is 0.955 bits per heavy atom. The molecule has 0 radical (unpaired) electrons. The first-order chi connectivity index (χ1) is 10.7. The molecule has 2 aromatic carbocycles. The Labute approximate surface area is 129 Å². The highest BCUT2D eigenvalue weighted by Crippen LogP contribution is 2.30. The molecule has 0 unspecified atom stereocenters. The van der Waals surface area contributed by atoms with Crippen molar-refractivity contribution < 1.29 is 9.13 Å². The first-order valence-corrected chi connectivity index (χ1v) is 7.37. The molecule has 1 heterocycles. The van der Waals surface area contributed by atoms with Crippen LogP contribution in [-0.2, 0) is 0 Å². The fourth-order valence-electron chi connectivity index (χ4n) is 2.89. The van der Waals surface area contributed by atoms with Crippen LogP contribution >= 0.6 is 0 Å². The SMILES string of the molecule is COc1ccccc1N1CCN(c2ccc(F)cc2N)CC1. The first-order valence-electron chi connectivity index (χ1n) is 7.37. The Kier molecular flexibility index (Phi) is 4.04. The maximum absolute atomic E-state index is 13.2. The number of para-hydroxylation sites is 2. The quantitative estimate of drug-likeness (QED) is 0.885. The summed E-state index contributed by atoms with van der Waals surface area (Å²) in [6.45, 7) is 3.43. The van der Waals surface area contributed by atoms with Crippen molar-refractivity contribution in [2.75, 3.05) is 48.8 Å². The standard InChI is InChI=1S/C17H20FN3O/c1-22-17-5-3-2-4-16(17)21-10-8-20(9-11-21)15-7-6-13(18)12-14(15)19/h2-7,12H,8-11,19H2,1H3. The van der Waals surface area contributed by atoms with Crippen molar-refractivity contribution in [3.05, 3.63) is 48.3 Å². The molecule has 0 atom stereocenters. The van der Waals surface area contributed by atoms with Crippen molar-refractivity contribution in [2.24, 2.45) is 0 Å². The number of nitrogens with two attached hydrogens (primary N) is 1. The molecule has 0 saturated carbocycles. The normalized spacial score (nSPS) is 15.0. The zero-order valence-corrected chi connectivity index (χ0v) is 12.6. The van der Waals surface area contributed by atoms with E-state index in [1.165, 1.54) is 12.1 Å². The molecule has 4 nitrogen and oxygen atoms in total. The van der Waals surface area contributed by atoms with E-state index in [1.54, 1.807) is 13.2 Å². The lowest BCUT2D eigenvalue weighted by Gasteiger charge is -2.38. The summed E-state index contributed by atoms with van der Waals surface area (Å²) < 4.78 is 18.6. The Morgan fingerprint density at radius 3 is 2.23 bits per heavy atom. The van der Waals surface area contributed by atoms with E-state index in [9.17, 15) is 4.39 Å². The molecule has 5 heteroatoms. The molecule has 1 saturated heterocycles. The van der Waals surface area contributed by atoms with E-state index in [0.717, 1.165) is 43.3 Å². The van der Waals surface area contributed by atoms with Crippen molar-refractivity contribution in [3.63, 3.8) is 0 Å². The van der Waals surface area contributed by atoms with E-state index in [1.807, 2.05) is 18.2 Å². The van der Waals surface area contributed by atoms with Crippen molar-refractivity contribution in [2.45, 2.75) is 0 Å². The summed E-state index contributed by atoms with van der Waals surface area (Å²) in [4.78, 5) is 4.50. The third kappa shape index (κ3) is 2.79. The van der Waals surface area contributed by atoms with Gasteiger partial charge in [0.2, 0.25) is 0 Å². The summed E-state index contributed by atoms with van der Waals surface area (Å²) in [5.41, 5.74) is 8.43. The minimum absolute atomic E-state index is 0.297.